The summed E-state index contributed by atoms with van der Waals surface area (Å²) in [6.07, 6.45) is 0. The van der Waals surface area contributed by atoms with E-state index in [2.05, 4.69) is 0 Å². The molecule has 2 rings (SSSR count). The van der Waals surface area contributed by atoms with Gasteiger partial charge in [-0.05, 0) is 18.2 Å². The van der Waals surface area contributed by atoms with Gasteiger partial charge in [0.15, 0.2) is 0 Å². The molecule has 0 spiro atoms. The maximum Gasteiger partial charge on any atom is 1.00 e. The molecule has 0 saturated heterocycles. The number of carbonyl (C=O) groups is 2. The Bertz CT molecular complexity index is 729. The summed E-state index contributed by atoms with van der Waals surface area (Å²) in [5, 5.41) is -0.879. The molecule has 1 N–H and O–H groups in total. The molecule has 9 heteroatoms. The zero-order valence-corrected chi connectivity index (χ0v) is 13.8. The van der Waals surface area contributed by atoms with Crippen LogP contribution < -0.4 is 29.6 Å². The molecule has 0 radical (unpaired) electrons. The Balaban J connectivity index is 0.00000180. The molecular weight excluding hydrogens is 326 g/mol. The van der Waals surface area contributed by atoms with Gasteiger partial charge in [0.2, 0.25) is 11.6 Å². The molecule has 0 atom stereocenters. The van der Waals surface area contributed by atoms with E-state index in [1.165, 1.54) is 0 Å². The van der Waals surface area contributed by atoms with Crippen molar-refractivity contribution in [2.75, 3.05) is 0 Å². The second-order valence-corrected chi connectivity index (χ2v) is 5.65. The third kappa shape index (κ3) is 2.95. The number of ketones is 2. The zero-order chi connectivity index (χ0) is 13.7. The Morgan fingerprint density at radius 1 is 1.00 bits per heavy atom. The van der Waals surface area contributed by atoms with Gasteiger partial charge in [-0.1, -0.05) is 23.2 Å². The van der Waals surface area contributed by atoms with Crippen LogP contribution in [0.1, 0.15) is 22.1 Å². The first kappa shape index (κ1) is 16.8. The number of halogens is 2. The standard InChI is InChI=1S/C10H4Cl2O5S.Na.H/c11-7-8(12)10(14)6-3-4(18(15,16)17)1-2-5(6)9(7)13;;/h1-3H,(H,15,16,17);;/q;+1;-1. The van der Waals surface area contributed by atoms with E-state index < -0.39 is 36.6 Å². The van der Waals surface area contributed by atoms with E-state index in [1.807, 2.05) is 0 Å². The van der Waals surface area contributed by atoms with Crippen LogP contribution in [0.25, 0.3) is 0 Å². The van der Waals surface area contributed by atoms with Crippen LogP contribution in [0.3, 0.4) is 0 Å². The van der Waals surface area contributed by atoms with Gasteiger partial charge in [-0.3, -0.25) is 14.1 Å². The fourth-order valence-corrected chi connectivity index (χ4v) is 2.39. The molecule has 1 aliphatic carbocycles. The van der Waals surface area contributed by atoms with Gasteiger partial charge in [0, 0.05) is 11.1 Å². The van der Waals surface area contributed by atoms with Gasteiger partial charge >= 0.3 is 29.6 Å². The Labute approximate surface area is 142 Å². The first-order valence-electron chi connectivity index (χ1n) is 4.49. The van der Waals surface area contributed by atoms with Crippen molar-refractivity contribution in [3.8, 4) is 0 Å². The summed E-state index contributed by atoms with van der Waals surface area (Å²) in [6, 6.07) is 2.99. The maximum absolute atomic E-state index is 11.7. The fourth-order valence-electron chi connectivity index (χ4n) is 1.51. The van der Waals surface area contributed by atoms with E-state index in [0.717, 1.165) is 18.2 Å². The summed E-state index contributed by atoms with van der Waals surface area (Å²) in [5.74, 6) is -1.43. The molecule has 0 amide bonds. The molecule has 0 heterocycles. The predicted molar refractivity (Wildman–Crippen MR) is 64.8 cm³/mol. The van der Waals surface area contributed by atoms with Crippen LogP contribution in [0.4, 0.5) is 0 Å². The number of allylic oxidation sites excluding steroid dienone is 2. The third-order valence-electron chi connectivity index (χ3n) is 2.37. The number of fused-ring (bicyclic) bond motifs is 1. The van der Waals surface area contributed by atoms with Gasteiger partial charge in [-0.15, -0.1) is 0 Å². The Morgan fingerprint density at radius 2 is 1.47 bits per heavy atom. The molecule has 19 heavy (non-hydrogen) atoms. The average molecular weight is 331 g/mol. The van der Waals surface area contributed by atoms with Crippen LogP contribution in [0.15, 0.2) is 33.2 Å². The van der Waals surface area contributed by atoms with Crippen molar-refractivity contribution in [3.05, 3.63) is 39.4 Å². The van der Waals surface area contributed by atoms with E-state index in [-0.39, 0.29) is 42.1 Å². The van der Waals surface area contributed by atoms with E-state index in [1.54, 1.807) is 0 Å². The van der Waals surface area contributed by atoms with Crippen molar-refractivity contribution < 1.29 is 53.5 Å². The van der Waals surface area contributed by atoms with Gasteiger partial charge < -0.3 is 1.43 Å². The summed E-state index contributed by atoms with van der Waals surface area (Å²) in [7, 11) is -4.46. The molecule has 0 bridgehead atoms. The van der Waals surface area contributed by atoms with Crippen molar-refractivity contribution >= 4 is 44.9 Å². The van der Waals surface area contributed by atoms with Gasteiger partial charge in [0.25, 0.3) is 10.1 Å². The molecule has 5 nitrogen and oxygen atoms in total. The number of rotatable bonds is 1. The van der Waals surface area contributed by atoms with Gasteiger partial charge in [0.1, 0.15) is 10.1 Å². The van der Waals surface area contributed by atoms with E-state index in [9.17, 15) is 18.0 Å². The second-order valence-electron chi connectivity index (χ2n) is 3.47. The molecule has 0 fully saturated rings. The number of benzene rings is 1. The molecule has 0 saturated carbocycles. The van der Waals surface area contributed by atoms with E-state index in [0.29, 0.717) is 0 Å². The van der Waals surface area contributed by atoms with Crippen molar-refractivity contribution in [3.63, 3.8) is 0 Å². The topological polar surface area (TPSA) is 88.5 Å². The number of carbonyl (C=O) groups excluding carboxylic acids is 2. The van der Waals surface area contributed by atoms with Crippen LogP contribution in [0.2, 0.25) is 0 Å². The summed E-state index contributed by atoms with van der Waals surface area (Å²) < 4.78 is 30.7. The number of Topliss-reactive ketones (excluding diaryl/α,β-unsaturated/α-hetero) is 2. The first-order chi connectivity index (χ1) is 8.23. The minimum absolute atomic E-state index is 0. The molecule has 1 aliphatic rings. The maximum atomic E-state index is 11.7. The van der Waals surface area contributed by atoms with Crippen LogP contribution in [-0.4, -0.2) is 24.5 Å². The first-order valence-corrected chi connectivity index (χ1v) is 6.69. The van der Waals surface area contributed by atoms with Gasteiger partial charge in [-0.25, -0.2) is 0 Å². The van der Waals surface area contributed by atoms with Crippen LogP contribution >= 0.6 is 23.2 Å². The monoisotopic (exact) mass is 330 g/mol. The quantitative estimate of drug-likeness (QED) is 0.533. The molecule has 1 aromatic carbocycles. The normalized spacial score (nSPS) is 15.1. The minimum Gasteiger partial charge on any atom is -1.00 e. The van der Waals surface area contributed by atoms with Crippen molar-refractivity contribution in [1.82, 2.24) is 0 Å². The minimum atomic E-state index is -4.46. The van der Waals surface area contributed by atoms with Gasteiger partial charge in [0.05, 0.1) is 4.90 Å². The largest absolute Gasteiger partial charge is 1.00 e. The van der Waals surface area contributed by atoms with Crippen molar-refractivity contribution in [2.24, 2.45) is 0 Å². The number of hydrogen-bond donors (Lipinski definition) is 1. The van der Waals surface area contributed by atoms with E-state index in [4.69, 9.17) is 27.8 Å². The van der Waals surface area contributed by atoms with Crippen LogP contribution in [0.5, 0.6) is 0 Å². The second kappa shape index (κ2) is 5.65. The molecule has 0 aromatic heterocycles. The van der Waals surface area contributed by atoms with E-state index >= 15 is 0 Å². The predicted octanol–water partition coefficient (Wildman–Crippen LogP) is -0.882. The summed E-state index contributed by atoms with van der Waals surface area (Å²) in [5.41, 5.74) is -0.258. The molecule has 0 unspecified atom stereocenters. The van der Waals surface area contributed by atoms with Crippen LogP contribution in [0, 0.1) is 0 Å². The Morgan fingerprint density at radius 3 is 1.95 bits per heavy atom. The Hall–Kier alpha value is -0.210. The summed E-state index contributed by atoms with van der Waals surface area (Å²) >= 11 is 11.2. The van der Waals surface area contributed by atoms with Crippen molar-refractivity contribution in [2.45, 2.75) is 4.90 Å². The zero-order valence-electron chi connectivity index (χ0n) is 10.5. The fraction of sp³-hybridized carbons (Fsp3) is 0. The summed E-state index contributed by atoms with van der Waals surface area (Å²) in [4.78, 5) is 22.9. The Kier molecular flexibility index (Phi) is 5.01. The molecule has 96 valence electrons. The molecular formula is C10H5Cl2NaO5S. The SMILES string of the molecule is O=C1C(Cl)=C(Cl)C(=O)c2cc(S(=O)(=O)O)ccc21.[H-].[Na+]. The van der Waals surface area contributed by atoms with Gasteiger partial charge in [-0.2, -0.15) is 8.42 Å². The van der Waals surface area contributed by atoms with Crippen molar-refractivity contribution in [1.29, 1.82) is 0 Å². The summed E-state index contributed by atoms with van der Waals surface area (Å²) in [6.45, 7) is 0. The molecule has 0 aliphatic heterocycles. The number of hydrogen-bond acceptors (Lipinski definition) is 4. The smallest absolute Gasteiger partial charge is 1.00 e. The van der Waals surface area contributed by atoms with Crippen LogP contribution in [-0.2, 0) is 10.1 Å². The molecule has 1 aromatic rings. The average Bonchev–Trinajstić information content (AvgIpc) is 2.32. The third-order valence-corrected chi connectivity index (χ3v) is 4.04.